The largest absolute Gasteiger partial charge is 0.434 e. The molecule has 0 N–H and O–H groups in total. The lowest BCUT2D eigenvalue weighted by Crippen LogP contribution is -1.96. The summed E-state index contributed by atoms with van der Waals surface area (Å²) < 4.78 is 4.53. The van der Waals surface area contributed by atoms with E-state index in [9.17, 15) is 4.79 Å². The summed E-state index contributed by atoms with van der Waals surface area (Å²) in [5.74, 6) is -0.308. The lowest BCUT2D eigenvalue weighted by molar-refractivity contribution is -0.135. The lowest BCUT2D eigenvalue weighted by Gasteiger charge is -2.00. The van der Waals surface area contributed by atoms with Gasteiger partial charge >= 0.3 is 5.97 Å². The molecule has 0 aliphatic rings. The summed E-state index contributed by atoms with van der Waals surface area (Å²) >= 11 is 0. The van der Waals surface area contributed by atoms with E-state index in [1.165, 1.54) is 13.2 Å². The van der Waals surface area contributed by atoms with Crippen LogP contribution in [-0.4, -0.2) is 5.97 Å². The van der Waals surface area contributed by atoms with Crippen LogP contribution in [0.5, 0.6) is 0 Å². The summed E-state index contributed by atoms with van der Waals surface area (Å²) in [6, 6.07) is 1.94. The highest BCUT2D eigenvalue weighted by molar-refractivity contribution is 5.66. The maximum atomic E-state index is 10.3. The van der Waals surface area contributed by atoms with Gasteiger partial charge in [-0.05, 0) is 5.92 Å². The number of esters is 1. The zero-order chi connectivity index (χ0) is 8.85. The number of carbonyl (C=O) groups is 1. The van der Waals surface area contributed by atoms with Crippen molar-refractivity contribution in [3.8, 4) is 6.07 Å². The molecule has 0 heterocycles. The number of rotatable bonds is 2. The van der Waals surface area contributed by atoms with Crippen LogP contribution in [0.2, 0.25) is 0 Å². The second kappa shape index (κ2) is 4.51. The molecular formula is C8H11NO2. The van der Waals surface area contributed by atoms with Crippen LogP contribution in [0, 0.1) is 17.2 Å². The van der Waals surface area contributed by atoms with Crippen molar-refractivity contribution in [2.75, 3.05) is 0 Å². The first kappa shape index (κ1) is 9.70. The van der Waals surface area contributed by atoms with Crippen LogP contribution in [-0.2, 0) is 9.53 Å². The highest BCUT2D eigenvalue weighted by Crippen LogP contribution is 2.07. The highest BCUT2D eigenvalue weighted by Gasteiger charge is 2.01. The topological polar surface area (TPSA) is 50.1 Å². The Bertz CT molecular complexity index is 211. The molecule has 0 atom stereocenters. The number of nitrogens with zero attached hydrogens (tertiary/aromatic N) is 1. The lowest BCUT2D eigenvalue weighted by atomic mass is 10.1. The Balaban J connectivity index is 4.16. The molecule has 0 aromatic carbocycles. The van der Waals surface area contributed by atoms with Crippen molar-refractivity contribution in [3.63, 3.8) is 0 Å². The molecule has 0 amide bonds. The van der Waals surface area contributed by atoms with Gasteiger partial charge in [0, 0.05) is 6.92 Å². The number of nitriles is 1. The van der Waals surface area contributed by atoms with Gasteiger partial charge in [0.25, 0.3) is 0 Å². The Morgan fingerprint density at radius 3 is 2.45 bits per heavy atom. The Labute approximate surface area is 66.3 Å². The molecule has 0 saturated carbocycles. The number of allylic oxidation sites excluding steroid dienone is 1. The second-order valence-electron chi connectivity index (χ2n) is 2.45. The minimum Gasteiger partial charge on any atom is -0.434 e. The Kier molecular flexibility index (Phi) is 3.97. The average Bonchev–Trinajstić information content (AvgIpc) is 1.87. The summed E-state index contributed by atoms with van der Waals surface area (Å²) in [7, 11) is 0. The minimum absolute atomic E-state index is 0.0966. The third-order valence-corrected chi connectivity index (χ3v) is 1.10. The third kappa shape index (κ3) is 4.15. The first-order valence-electron chi connectivity index (χ1n) is 3.35. The van der Waals surface area contributed by atoms with Crippen molar-refractivity contribution in [3.05, 3.63) is 11.8 Å². The second-order valence-corrected chi connectivity index (χ2v) is 2.45. The van der Waals surface area contributed by atoms with E-state index in [1.807, 2.05) is 19.9 Å². The van der Waals surface area contributed by atoms with Crippen molar-refractivity contribution < 1.29 is 9.53 Å². The van der Waals surface area contributed by atoms with Gasteiger partial charge in [-0.25, -0.2) is 0 Å². The predicted octanol–water partition coefficient (Wildman–Crippen LogP) is 1.61. The van der Waals surface area contributed by atoms with Gasteiger partial charge in [0.1, 0.15) is 6.26 Å². The Morgan fingerprint density at radius 2 is 2.18 bits per heavy atom. The molecule has 3 nitrogen and oxygen atoms in total. The van der Waals surface area contributed by atoms with Crippen LogP contribution in [0.25, 0.3) is 0 Å². The standard InChI is InChI=1S/C8H11NO2/c1-6(2)8(4-9)5-11-7(3)10/h5-6H,1-3H3/b8-5+. The number of carbonyl (C=O) groups excluding carboxylic acids is 1. The van der Waals surface area contributed by atoms with Crippen LogP contribution < -0.4 is 0 Å². The zero-order valence-electron chi connectivity index (χ0n) is 6.92. The van der Waals surface area contributed by atoms with Crippen LogP contribution in [0.1, 0.15) is 20.8 Å². The van der Waals surface area contributed by atoms with Crippen molar-refractivity contribution >= 4 is 5.97 Å². The number of ether oxygens (including phenoxy) is 1. The van der Waals surface area contributed by atoms with Crippen LogP contribution >= 0.6 is 0 Å². The quantitative estimate of drug-likeness (QED) is 0.344. The smallest absolute Gasteiger partial charge is 0.307 e. The van der Waals surface area contributed by atoms with E-state index >= 15 is 0 Å². The van der Waals surface area contributed by atoms with E-state index in [0.29, 0.717) is 5.57 Å². The normalized spacial score (nSPS) is 11.0. The molecule has 0 aromatic rings. The zero-order valence-corrected chi connectivity index (χ0v) is 6.92. The maximum absolute atomic E-state index is 10.3. The molecule has 0 fully saturated rings. The summed E-state index contributed by atoms with van der Waals surface area (Å²) in [5, 5.41) is 8.50. The van der Waals surface area contributed by atoms with Gasteiger partial charge in [-0.2, -0.15) is 5.26 Å². The Morgan fingerprint density at radius 1 is 1.64 bits per heavy atom. The average molecular weight is 153 g/mol. The monoisotopic (exact) mass is 153 g/mol. The maximum Gasteiger partial charge on any atom is 0.307 e. The molecule has 3 heteroatoms. The van der Waals surface area contributed by atoms with Gasteiger partial charge in [-0.15, -0.1) is 0 Å². The van der Waals surface area contributed by atoms with E-state index in [-0.39, 0.29) is 5.92 Å². The van der Waals surface area contributed by atoms with E-state index in [0.717, 1.165) is 0 Å². The minimum atomic E-state index is -0.404. The fourth-order valence-corrected chi connectivity index (χ4v) is 0.438. The first-order chi connectivity index (χ1) is 5.07. The molecule has 0 aromatic heterocycles. The van der Waals surface area contributed by atoms with Crippen molar-refractivity contribution in [2.45, 2.75) is 20.8 Å². The number of hydrogen-bond acceptors (Lipinski definition) is 3. The van der Waals surface area contributed by atoms with E-state index in [2.05, 4.69) is 4.74 Å². The fourth-order valence-electron chi connectivity index (χ4n) is 0.438. The Hall–Kier alpha value is -1.30. The van der Waals surface area contributed by atoms with Crippen molar-refractivity contribution in [1.82, 2.24) is 0 Å². The SMILES string of the molecule is CC(=O)O/C=C(\C#N)C(C)C. The van der Waals surface area contributed by atoms with Gasteiger partial charge in [0.15, 0.2) is 0 Å². The van der Waals surface area contributed by atoms with Crippen molar-refractivity contribution in [2.24, 2.45) is 5.92 Å². The highest BCUT2D eigenvalue weighted by atomic mass is 16.5. The number of hydrogen-bond donors (Lipinski definition) is 0. The molecule has 0 rings (SSSR count). The van der Waals surface area contributed by atoms with Crippen molar-refractivity contribution in [1.29, 1.82) is 5.26 Å². The van der Waals surface area contributed by atoms with Crippen LogP contribution in [0.4, 0.5) is 0 Å². The summed E-state index contributed by atoms with van der Waals surface area (Å²) in [5.41, 5.74) is 0.472. The third-order valence-electron chi connectivity index (χ3n) is 1.10. The van der Waals surface area contributed by atoms with E-state index in [1.54, 1.807) is 0 Å². The molecule has 0 aliphatic heterocycles. The molecule has 11 heavy (non-hydrogen) atoms. The first-order valence-corrected chi connectivity index (χ1v) is 3.35. The molecule has 0 aliphatic carbocycles. The van der Waals surface area contributed by atoms with Gasteiger partial charge in [0.05, 0.1) is 11.6 Å². The van der Waals surface area contributed by atoms with Crippen LogP contribution in [0.3, 0.4) is 0 Å². The summed E-state index contributed by atoms with van der Waals surface area (Å²) in [6.07, 6.45) is 1.20. The molecular weight excluding hydrogens is 142 g/mol. The van der Waals surface area contributed by atoms with Gasteiger partial charge in [0.2, 0.25) is 0 Å². The molecule has 60 valence electrons. The van der Waals surface area contributed by atoms with E-state index < -0.39 is 5.97 Å². The van der Waals surface area contributed by atoms with Gasteiger partial charge < -0.3 is 4.74 Å². The molecule has 0 bridgehead atoms. The van der Waals surface area contributed by atoms with Crippen LogP contribution in [0.15, 0.2) is 11.8 Å². The van der Waals surface area contributed by atoms with Gasteiger partial charge in [-0.3, -0.25) is 4.79 Å². The summed E-state index contributed by atoms with van der Waals surface area (Å²) in [6.45, 7) is 5.02. The summed E-state index contributed by atoms with van der Waals surface area (Å²) in [4.78, 5) is 10.3. The molecule has 0 radical (unpaired) electrons. The molecule has 0 unspecified atom stereocenters. The van der Waals surface area contributed by atoms with E-state index in [4.69, 9.17) is 5.26 Å². The molecule has 0 saturated heterocycles. The van der Waals surface area contributed by atoms with Gasteiger partial charge in [-0.1, -0.05) is 13.8 Å². The fraction of sp³-hybridized carbons (Fsp3) is 0.500. The predicted molar refractivity (Wildman–Crippen MR) is 40.3 cm³/mol. The molecule has 0 spiro atoms.